The lowest BCUT2D eigenvalue weighted by Gasteiger charge is -2.51. The van der Waals surface area contributed by atoms with Crippen LogP contribution >= 0.6 is 0 Å². The number of isocyanates is 2. The van der Waals surface area contributed by atoms with Crippen molar-refractivity contribution < 1.29 is 9.59 Å². The number of hydrogen-bond donors (Lipinski definition) is 0. The van der Waals surface area contributed by atoms with Gasteiger partial charge < -0.3 is 0 Å². The zero-order valence-corrected chi connectivity index (χ0v) is 18.3. The lowest BCUT2D eigenvalue weighted by atomic mass is 9.54. The molecule has 8 atom stereocenters. The summed E-state index contributed by atoms with van der Waals surface area (Å²) >= 11 is 0. The Kier molecular flexibility index (Phi) is 7.22. The molecule has 2 rings (SSSR count). The van der Waals surface area contributed by atoms with Crippen molar-refractivity contribution in [2.75, 3.05) is 0 Å². The van der Waals surface area contributed by atoms with Crippen LogP contribution in [0.4, 0.5) is 0 Å². The van der Waals surface area contributed by atoms with Gasteiger partial charge in [-0.1, -0.05) is 55.4 Å². The first-order valence-electron chi connectivity index (χ1n) is 10.8. The molecule has 0 radical (unpaired) electrons. The van der Waals surface area contributed by atoms with Crippen LogP contribution in [0.2, 0.25) is 0 Å². The molecule has 2 saturated carbocycles. The van der Waals surface area contributed by atoms with Gasteiger partial charge in [-0.25, -0.2) is 19.6 Å². The molecule has 152 valence electrons. The van der Waals surface area contributed by atoms with Crippen LogP contribution in [-0.4, -0.2) is 24.2 Å². The van der Waals surface area contributed by atoms with Crippen LogP contribution in [0.15, 0.2) is 9.98 Å². The minimum absolute atomic E-state index is 0.0918. The molecular formula is C23H38N2O2. The zero-order chi connectivity index (χ0) is 20.5. The summed E-state index contributed by atoms with van der Waals surface area (Å²) in [6.07, 6.45) is 4.83. The molecule has 4 nitrogen and oxygen atoms in total. The molecule has 4 heteroatoms. The second-order valence-electron chi connectivity index (χ2n) is 9.86. The minimum Gasteiger partial charge on any atom is -0.211 e. The summed E-state index contributed by atoms with van der Waals surface area (Å²) in [7, 11) is 0. The molecule has 2 aliphatic carbocycles. The van der Waals surface area contributed by atoms with E-state index in [0.29, 0.717) is 59.2 Å². The van der Waals surface area contributed by atoms with Gasteiger partial charge in [0.2, 0.25) is 12.2 Å². The van der Waals surface area contributed by atoms with Crippen molar-refractivity contribution in [1.82, 2.24) is 0 Å². The van der Waals surface area contributed by atoms with Crippen LogP contribution < -0.4 is 0 Å². The molecule has 8 unspecified atom stereocenters. The van der Waals surface area contributed by atoms with Crippen molar-refractivity contribution in [2.45, 2.75) is 73.9 Å². The van der Waals surface area contributed by atoms with E-state index in [0.717, 1.165) is 0 Å². The minimum atomic E-state index is 0.0918. The van der Waals surface area contributed by atoms with Crippen LogP contribution in [0.1, 0.15) is 61.8 Å². The highest BCUT2D eigenvalue weighted by atomic mass is 16.1. The summed E-state index contributed by atoms with van der Waals surface area (Å²) in [6, 6.07) is 0.184. The topological polar surface area (TPSA) is 58.9 Å². The monoisotopic (exact) mass is 374 g/mol. The third-order valence-electron chi connectivity index (χ3n) is 9.12. The van der Waals surface area contributed by atoms with Crippen LogP contribution in [0.5, 0.6) is 0 Å². The maximum atomic E-state index is 10.9. The summed E-state index contributed by atoms with van der Waals surface area (Å²) in [4.78, 5) is 30.1. The lowest BCUT2D eigenvalue weighted by molar-refractivity contribution is -0.0137. The van der Waals surface area contributed by atoms with Gasteiger partial charge in [0, 0.05) is 0 Å². The van der Waals surface area contributed by atoms with Gasteiger partial charge in [0.05, 0.1) is 12.1 Å². The fourth-order valence-electron chi connectivity index (χ4n) is 6.48. The highest BCUT2D eigenvalue weighted by Gasteiger charge is 2.48. The molecule has 0 spiro atoms. The van der Waals surface area contributed by atoms with Crippen molar-refractivity contribution >= 4 is 12.2 Å². The van der Waals surface area contributed by atoms with Crippen LogP contribution in [-0.2, 0) is 9.59 Å². The molecule has 0 aliphatic heterocycles. The Morgan fingerprint density at radius 3 is 1.00 bits per heavy atom. The normalized spacial score (nSPS) is 50.4. The number of nitrogens with zero attached hydrogens (tertiary/aromatic N) is 2. The first kappa shape index (κ1) is 22.1. The lowest BCUT2D eigenvalue weighted by Crippen LogP contribution is -2.49. The predicted octanol–water partition coefficient (Wildman–Crippen LogP) is 5.13. The Hall–Kier alpha value is -1.24. The Balaban J connectivity index is 2.24. The average molecular weight is 375 g/mol. The van der Waals surface area contributed by atoms with Crippen LogP contribution in [0, 0.1) is 59.2 Å². The van der Waals surface area contributed by atoms with E-state index in [1.165, 1.54) is 6.42 Å². The summed E-state index contributed by atoms with van der Waals surface area (Å²) in [6.45, 7) is 18.4. The van der Waals surface area contributed by atoms with Crippen molar-refractivity contribution in [3.63, 3.8) is 0 Å². The third kappa shape index (κ3) is 3.98. The molecule has 27 heavy (non-hydrogen) atoms. The van der Waals surface area contributed by atoms with Gasteiger partial charge in [-0.15, -0.1) is 0 Å². The van der Waals surface area contributed by atoms with E-state index in [9.17, 15) is 9.59 Å². The molecule has 0 amide bonds. The fourth-order valence-corrected chi connectivity index (χ4v) is 6.48. The van der Waals surface area contributed by atoms with E-state index < -0.39 is 0 Å². The first-order chi connectivity index (χ1) is 12.7. The molecule has 0 aromatic rings. The first-order valence-corrected chi connectivity index (χ1v) is 10.8. The van der Waals surface area contributed by atoms with Crippen molar-refractivity contribution in [2.24, 2.45) is 69.2 Å². The maximum Gasteiger partial charge on any atom is 0.235 e. The molecule has 0 N–H and O–H groups in total. The molecule has 0 bridgehead atoms. The van der Waals surface area contributed by atoms with Gasteiger partial charge in [0.1, 0.15) is 0 Å². The standard InChI is InChI=1S/C23H38N2O2/c1-12-16(5)22(24-10-26)17(6)13(2)20(12)9-21-14(3)18(7)23(25-11-27)19(8)15(21)4/h12-23H,9H2,1-8H3. The van der Waals surface area contributed by atoms with E-state index >= 15 is 0 Å². The van der Waals surface area contributed by atoms with Gasteiger partial charge in [0.25, 0.3) is 0 Å². The van der Waals surface area contributed by atoms with E-state index in [4.69, 9.17) is 0 Å². The van der Waals surface area contributed by atoms with Gasteiger partial charge in [-0.05, 0) is 65.6 Å². The molecule has 0 aromatic heterocycles. The second-order valence-corrected chi connectivity index (χ2v) is 9.86. The smallest absolute Gasteiger partial charge is 0.211 e. The van der Waals surface area contributed by atoms with E-state index in [-0.39, 0.29) is 12.1 Å². The Labute approximate surface area is 165 Å². The quantitative estimate of drug-likeness (QED) is 0.506. The average Bonchev–Trinajstić information content (AvgIpc) is 2.65. The molecule has 2 fully saturated rings. The second kappa shape index (κ2) is 8.84. The molecule has 0 heterocycles. The highest BCUT2D eigenvalue weighted by Crippen LogP contribution is 2.51. The Morgan fingerprint density at radius 2 is 0.778 bits per heavy atom. The number of aliphatic imine (C=N–C) groups is 2. The Morgan fingerprint density at radius 1 is 0.519 bits per heavy atom. The summed E-state index contributed by atoms with van der Waals surface area (Å²) in [5.74, 6) is 5.02. The van der Waals surface area contributed by atoms with Gasteiger partial charge in [-0.2, -0.15) is 0 Å². The van der Waals surface area contributed by atoms with Gasteiger partial charge >= 0.3 is 0 Å². The van der Waals surface area contributed by atoms with Gasteiger partial charge in [-0.3, -0.25) is 0 Å². The number of rotatable bonds is 4. The molecule has 0 aromatic carbocycles. The maximum absolute atomic E-state index is 10.9. The number of hydrogen-bond acceptors (Lipinski definition) is 4. The summed E-state index contributed by atoms with van der Waals surface area (Å²) in [5, 5.41) is 0. The SMILES string of the molecule is CC1C(C)C(N=C=O)C(C)C(C)C1CC1C(C)C(C)C(N=C=O)C(C)C1C. The van der Waals surface area contributed by atoms with E-state index in [1.54, 1.807) is 0 Å². The molecule has 2 aliphatic rings. The predicted molar refractivity (Wildman–Crippen MR) is 109 cm³/mol. The Bertz CT molecular complexity index is 523. The van der Waals surface area contributed by atoms with Crippen LogP contribution in [0.3, 0.4) is 0 Å². The van der Waals surface area contributed by atoms with Crippen molar-refractivity contribution in [1.29, 1.82) is 0 Å². The summed E-state index contributed by atoms with van der Waals surface area (Å²) < 4.78 is 0. The fraction of sp³-hybridized carbons (Fsp3) is 0.913. The van der Waals surface area contributed by atoms with Crippen molar-refractivity contribution in [3.8, 4) is 0 Å². The van der Waals surface area contributed by atoms with Crippen molar-refractivity contribution in [3.05, 3.63) is 0 Å². The van der Waals surface area contributed by atoms with E-state index in [1.807, 2.05) is 12.2 Å². The molecule has 0 saturated heterocycles. The largest absolute Gasteiger partial charge is 0.235 e. The van der Waals surface area contributed by atoms with Crippen LogP contribution in [0.25, 0.3) is 0 Å². The highest BCUT2D eigenvalue weighted by molar-refractivity contribution is 5.34. The molecular weight excluding hydrogens is 336 g/mol. The van der Waals surface area contributed by atoms with Gasteiger partial charge in [0.15, 0.2) is 0 Å². The third-order valence-corrected chi connectivity index (χ3v) is 9.12. The zero-order valence-electron chi connectivity index (χ0n) is 18.3. The van der Waals surface area contributed by atoms with E-state index in [2.05, 4.69) is 65.4 Å². The number of carbonyl (C=O) groups excluding carboxylic acids is 2. The summed E-state index contributed by atoms with van der Waals surface area (Å²) in [5.41, 5.74) is 0.